The van der Waals surface area contributed by atoms with Crippen molar-refractivity contribution < 1.29 is 13.6 Å². The topological polar surface area (TPSA) is 32.3 Å². The summed E-state index contributed by atoms with van der Waals surface area (Å²) in [5.74, 6) is -2.00. The molecule has 0 spiro atoms. The summed E-state index contributed by atoms with van der Waals surface area (Å²) in [4.78, 5) is 14.0. The van der Waals surface area contributed by atoms with Crippen LogP contribution < -0.4 is 5.32 Å². The molecule has 0 saturated carbocycles. The molecule has 3 nitrogen and oxygen atoms in total. The number of anilines is 1. The summed E-state index contributed by atoms with van der Waals surface area (Å²) in [5, 5.41) is 3.42. The number of para-hydroxylation sites is 1. The molecule has 1 atom stereocenters. The van der Waals surface area contributed by atoms with Crippen LogP contribution in [0.5, 0.6) is 0 Å². The molecule has 0 heterocycles. The monoisotopic (exact) mass is 386 g/mol. The largest absolute Gasteiger partial charge is 0.324 e. The fourth-order valence-electron chi connectivity index (χ4n) is 2.32. The standard InChI is InChI=1S/C18H18Cl2F2N2O/c1-11(12-6-7-15(21)16(22)10-12)24(2)9-8-17(25)23-18-13(19)4-3-5-14(18)20/h3-7,10-11H,8-9H2,1-2H3,(H,23,25). The predicted octanol–water partition coefficient (Wildman–Crippen LogP) is 5.29. The van der Waals surface area contributed by atoms with Gasteiger partial charge in [0.05, 0.1) is 15.7 Å². The highest BCUT2D eigenvalue weighted by molar-refractivity contribution is 6.39. The lowest BCUT2D eigenvalue weighted by Crippen LogP contribution is -2.27. The van der Waals surface area contributed by atoms with E-state index in [9.17, 15) is 13.6 Å². The molecule has 0 aromatic heterocycles. The molecule has 0 bridgehead atoms. The van der Waals surface area contributed by atoms with Gasteiger partial charge in [0, 0.05) is 19.0 Å². The first-order valence-corrected chi connectivity index (χ1v) is 8.44. The highest BCUT2D eigenvalue weighted by Gasteiger charge is 2.16. The van der Waals surface area contributed by atoms with Gasteiger partial charge in [-0.3, -0.25) is 9.69 Å². The molecule has 2 rings (SSSR count). The first-order valence-electron chi connectivity index (χ1n) is 7.68. The van der Waals surface area contributed by atoms with Gasteiger partial charge in [0.2, 0.25) is 5.91 Å². The van der Waals surface area contributed by atoms with Crippen molar-refractivity contribution in [2.45, 2.75) is 19.4 Å². The molecule has 0 aliphatic heterocycles. The van der Waals surface area contributed by atoms with E-state index in [4.69, 9.17) is 23.2 Å². The van der Waals surface area contributed by atoms with Crippen LogP contribution in [0.25, 0.3) is 0 Å². The Morgan fingerprint density at radius 1 is 1.16 bits per heavy atom. The molecular weight excluding hydrogens is 369 g/mol. The number of carbonyl (C=O) groups excluding carboxylic acids is 1. The zero-order valence-corrected chi connectivity index (χ0v) is 15.3. The van der Waals surface area contributed by atoms with Crippen LogP contribution in [0.15, 0.2) is 36.4 Å². The van der Waals surface area contributed by atoms with Crippen LogP contribution in [0, 0.1) is 11.6 Å². The van der Waals surface area contributed by atoms with E-state index in [1.54, 1.807) is 18.2 Å². The number of carbonyl (C=O) groups is 1. The number of nitrogens with zero attached hydrogens (tertiary/aromatic N) is 1. The van der Waals surface area contributed by atoms with Gasteiger partial charge in [0.25, 0.3) is 0 Å². The van der Waals surface area contributed by atoms with E-state index in [2.05, 4.69) is 5.32 Å². The number of amides is 1. The summed E-state index contributed by atoms with van der Waals surface area (Å²) in [6.45, 7) is 2.28. The Morgan fingerprint density at radius 3 is 2.40 bits per heavy atom. The maximum atomic E-state index is 13.4. The molecule has 2 aromatic rings. The zero-order valence-electron chi connectivity index (χ0n) is 13.8. The second-order valence-electron chi connectivity index (χ2n) is 5.72. The van der Waals surface area contributed by atoms with Crippen LogP contribution in [-0.2, 0) is 4.79 Å². The fourth-order valence-corrected chi connectivity index (χ4v) is 2.81. The average Bonchev–Trinajstić information content (AvgIpc) is 2.58. The lowest BCUT2D eigenvalue weighted by Gasteiger charge is -2.25. The Kier molecular flexibility index (Phi) is 6.76. The Balaban J connectivity index is 1.93. The van der Waals surface area contributed by atoms with Crippen molar-refractivity contribution in [3.63, 3.8) is 0 Å². The van der Waals surface area contributed by atoms with Crippen molar-refractivity contribution in [2.24, 2.45) is 0 Å². The second kappa shape index (κ2) is 8.61. The Morgan fingerprint density at radius 2 is 1.80 bits per heavy atom. The molecular formula is C18H18Cl2F2N2O. The quantitative estimate of drug-likeness (QED) is 0.730. The van der Waals surface area contributed by atoms with Crippen LogP contribution >= 0.6 is 23.2 Å². The maximum Gasteiger partial charge on any atom is 0.225 e. The van der Waals surface area contributed by atoms with Crippen LogP contribution in [0.2, 0.25) is 10.0 Å². The van der Waals surface area contributed by atoms with Crippen molar-refractivity contribution in [1.29, 1.82) is 0 Å². The van der Waals surface area contributed by atoms with Crippen LogP contribution in [0.3, 0.4) is 0 Å². The summed E-state index contributed by atoms with van der Waals surface area (Å²) >= 11 is 12.0. The highest BCUT2D eigenvalue weighted by Crippen LogP contribution is 2.30. The minimum atomic E-state index is -0.885. The van der Waals surface area contributed by atoms with Gasteiger partial charge in [-0.05, 0) is 43.8 Å². The van der Waals surface area contributed by atoms with E-state index in [1.165, 1.54) is 12.1 Å². The summed E-state index contributed by atoms with van der Waals surface area (Å²) in [5.41, 5.74) is 1.02. The maximum absolute atomic E-state index is 13.4. The third-order valence-corrected chi connectivity index (χ3v) is 4.64. The van der Waals surface area contributed by atoms with Gasteiger partial charge >= 0.3 is 0 Å². The molecule has 1 N–H and O–H groups in total. The zero-order chi connectivity index (χ0) is 18.6. The number of nitrogens with one attached hydrogen (secondary N) is 1. The molecule has 0 fully saturated rings. The Bertz CT molecular complexity index is 750. The van der Waals surface area contributed by atoms with Gasteiger partial charge in [-0.2, -0.15) is 0 Å². The highest BCUT2D eigenvalue weighted by atomic mass is 35.5. The SMILES string of the molecule is CC(c1ccc(F)c(F)c1)N(C)CCC(=O)Nc1c(Cl)cccc1Cl. The van der Waals surface area contributed by atoms with Crippen molar-refractivity contribution in [1.82, 2.24) is 4.90 Å². The van der Waals surface area contributed by atoms with E-state index in [1.807, 2.05) is 18.9 Å². The molecule has 134 valence electrons. The van der Waals surface area contributed by atoms with Gasteiger partial charge in [0.15, 0.2) is 11.6 Å². The molecule has 0 radical (unpaired) electrons. The number of halogens is 4. The second-order valence-corrected chi connectivity index (χ2v) is 6.54. The number of benzene rings is 2. The van der Waals surface area contributed by atoms with Crippen molar-refractivity contribution in [3.8, 4) is 0 Å². The van der Waals surface area contributed by atoms with Crippen LogP contribution in [0.4, 0.5) is 14.5 Å². The summed E-state index contributed by atoms with van der Waals surface area (Å²) < 4.78 is 26.4. The minimum absolute atomic E-state index is 0.174. The van der Waals surface area contributed by atoms with Crippen molar-refractivity contribution in [3.05, 3.63) is 63.6 Å². The normalized spacial score (nSPS) is 12.3. The summed E-state index contributed by atoms with van der Waals surface area (Å²) in [6, 6.07) is 8.59. The third kappa shape index (κ3) is 5.14. The molecule has 0 aliphatic carbocycles. The van der Waals surface area contributed by atoms with Crippen molar-refractivity contribution >= 4 is 34.8 Å². The van der Waals surface area contributed by atoms with E-state index in [0.717, 1.165) is 6.07 Å². The minimum Gasteiger partial charge on any atom is -0.324 e. The van der Waals surface area contributed by atoms with E-state index < -0.39 is 11.6 Å². The van der Waals surface area contributed by atoms with Gasteiger partial charge < -0.3 is 5.32 Å². The van der Waals surface area contributed by atoms with Gasteiger partial charge in [-0.1, -0.05) is 35.3 Å². The Hall–Kier alpha value is -1.69. The first kappa shape index (κ1) is 19.6. The molecule has 0 saturated heterocycles. The van der Waals surface area contributed by atoms with E-state index >= 15 is 0 Å². The molecule has 25 heavy (non-hydrogen) atoms. The molecule has 0 aliphatic rings. The number of rotatable bonds is 6. The average molecular weight is 387 g/mol. The molecule has 1 amide bonds. The lowest BCUT2D eigenvalue weighted by atomic mass is 10.1. The molecule has 2 aromatic carbocycles. The van der Waals surface area contributed by atoms with Crippen LogP contribution in [-0.4, -0.2) is 24.4 Å². The Labute approximate surface area is 155 Å². The van der Waals surface area contributed by atoms with Gasteiger partial charge in [0.1, 0.15) is 0 Å². The fraction of sp³-hybridized carbons (Fsp3) is 0.278. The van der Waals surface area contributed by atoms with Gasteiger partial charge in [-0.15, -0.1) is 0 Å². The predicted molar refractivity (Wildman–Crippen MR) is 97.1 cm³/mol. The third-order valence-electron chi connectivity index (χ3n) is 4.01. The first-order chi connectivity index (χ1) is 11.8. The number of hydrogen-bond acceptors (Lipinski definition) is 2. The van der Waals surface area contributed by atoms with E-state index in [0.29, 0.717) is 27.8 Å². The lowest BCUT2D eigenvalue weighted by molar-refractivity contribution is -0.116. The number of hydrogen-bond donors (Lipinski definition) is 1. The molecule has 1 unspecified atom stereocenters. The van der Waals surface area contributed by atoms with E-state index in [-0.39, 0.29) is 18.4 Å². The summed E-state index contributed by atoms with van der Waals surface area (Å²) in [6.07, 6.45) is 0.200. The van der Waals surface area contributed by atoms with Crippen molar-refractivity contribution in [2.75, 3.05) is 18.9 Å². The molecule has 7 heteroatoms. The smallest absolute Gasteiger partial charge is 0.225 e. The van der Waals surface area contributed by atoms with Gasteiger partial charge in [-0.25, -0.2) is 8.78 Å². The summed E-state index contributed by atoms with van der Waals surface area (Å²) in [7, 11) is 1.81. The van der Waals surface area contributed by atoms with Crippen LogP contribution in [0.1, 0.15) is 24.9 Å².